The third-order valence-electron chi connectivity index (χ3n) is 3.39. The lowest BCUT2D eigenvalue weighted by Crippen LogP contribution is -2.18. The van der Waals surface area contributed by atoms with Crippen molar-refractivity contribution in [3.63, 3.8) is 0 Å². The molecule has 0 radical (unpaired) electrons. The van der Waals surface area contributed by atoms with E-state index in [1.807, 2.05) is 18.8 Å². The quantitative estimate of drug-likeness (QED) is 0.922. The summed E-state index contributed by atoms with van der Waals surface area (Å²) in [5.74, 6) is 3.73. The lowest BCUT2D eigenvalue weighted by molar-refractivity contribution is 0.0698. The van der Waals surface area contributed by atoms with Crippen molar-refractivity contribution in [1.29, 1.82) is 0 Å². The van der Waals surface area contributed by atoms with Gasteiger partial charge in [0.05, 0.1) is 12.0 Å². The third-order valence-corrected chi connectivity index (χ3v) is 5.48. The van der Waals surface area contributed by atoms with Crippen LogP contribution in [0, 0.1) is 13.8 Å². The number of aromatic nitrogens is 2. The topological polar surface area (TPSA) is 47.0 Å². The van der Waals surface area contributed by atoms with E-state index in [0.717, 1.165) is 40.0 Å². The highest BCUT2D eigenvalue weighted by Crippen LogP contribution is 2.35. The van der Waals surface area contributed by atoms with Crippen LogP contribution in [0.1, 0.15) is 22.4 Å². The number of anilines is 1. The molecule has 0 amide bonds. The SMILES string of the molecule is CNc1nc(C2CSCCO2)nc2sc(C)c(C)c12. The molecule has 0 spiro atoms. The highest BCUT2D eigenvalue weighted by atomic mass is 32.2. The van der Waals surface area contributed by atoms with Crippen LogP contribution in [0.15, 0.2) is 0 Å². The van der Waals surface area contributed by atoms with Gasteiger partial charge in [0.25, 0.3) is 0 Å². The standard InChI is InChI=1S/C13H17N3OS2/c1-7-8(2)19-13-10(7)12(14-3)15-11(16-13)9-6-18-5-4-17-9/h9H,4-6H2,1-3H3,(H,14,15,16). The average molecular weight is 295 g/mol. The molecule has 6 heteroatoms. The maximum atomic E-state index is 5.78. The molecule has 1 aliphatic heterocycles. The largest absolute Gasteiger partial charge is 0.372 e. The zero-order chi connectivity index (χ0) is 13.4. The smallest absolute Gasteiger partial charge is 0.162 e. The zero-order valence-corrected chi connectivity index (χ0v) is 13.0. The summed E-state index contributed by atoms with van der Waals surface area (Å²) in [5, 5.41) is 4.35. The van der Waals surface area contributed by atoms with Gasteiger partial charge in [-0.1, -0.05) is 0 Å². The normalized spacial score (nSPS) is 19.8. The van der Waals surface area contributed by atoms with Gasteiger partial charge in [0.1, 0.15) is 16.8 Å². The van der Waals surface area contributed by atoms with Crippen molar-refractivity contribution >= 4 is 39.1 Å². The van der Waals surface area contributed by atoms with Gasteiger partial charge in [-0.2, -0.15) is 11.8 Å². The minimum Gasteiger partial charge on any atom is -0.372 e. The number of rotatable bonds is 2. The Hall–Kier alpha value is -0.850. The minimum atomic E-state index is 0.0259. The first kappa shape index (κ1) is 13.1. The van der Waals surface area contributed by atoms with Crippen LogP contribution in [-0.2, 0) is 4.74 Å². The molecule has 1 aliphatic rings. The second kappa shape index (κ2) is 5.26. The van der Waals surface area contributed by atoms with Crippen LogP contribution in [-0.4, -0.2) is 35.1 Å². The maximum Gasteiger partial charge on any atom is 0.162 e. The summed E-state index contributed by atoms with van der Waals surface area (Å²) in [5.41, 5.74) is 1.27. The van der Waals surface area contributed by atoms with E-state index in [4.69, 9.17) is 9.72 Å². The number of thiophene rings is 1. The summed E-state index contributed by atoms with van der Waals surface area (Å²) in [7, 11) is 1.91. The van der Waals surface area contributed by atoms with Crippen molar-refractivity contribution in [2.24, 2.45) is 0 Å². The molecule has 1 fully saturated rings. The molecule has 1 atom stereocenters. The van der Waals surface area contributed by atoms with Crippen LogP contribution in [0.2, 0.25) is 0 Å². The molecule has 2 aromatic heterocycles. The van der Waals surface area contributed by atoms with Gasteiger partial charge in [0, 0.05) is 23.4 Å². The highest BCUT2D eigenvalue weighted by Gasteiger charge is 2.22. The lowest BCUT2D eigenvalue weighted by atomic mass is 10.2. The zero-order valence-electron chi connectivity index (χ0n) is 11.3. The number of aryl methyl sites for hydroxylation is 2. The fraction of sp³-hybridized carbons (Fsp3) is 0.538. The van der Waals surface area contributed by atoms with E-state index >= 15 is 0 Å². The molecule has 2 aromatic rings. The summed E-state index contributed by atoms with van der Waals surface area (Å²) in [6.45, 7) is 5.05. The molecule has 1 N–H and O–H groups in total. The fourth-order valence-corrected chi connectivity index (χ4v) is 4.10. The van der Waals surface area contributed by atoms with E-state index < -0.39 is 0 Å². The van der Waals surface area contributed by atoms with Gasteiger partial charge < -0.3 is 10.1 Å². The van der Waals surface area contributed by atoms with E-state index in [-0.39, 0.29) is 6.10 Å². The summed E-state index contributed by atoms with van der Waals surface area (Å²) in [6.07, 6.45) is 0.0259. The van der Waals surface area contributed by atoms with E-state index in [2.05, 4.69) is 24.1 Å². The van der Waals surface area contributed by atoms with E-state index in [1.54, 1.807) is 11.3 Å². The Morgan fingerprint density at radius 1 is 1.32 bits per heavy atom. The van der Waals surface area contributed by atoms with Gasteiger partial charge in [-0.15, -0.1) is 11.3 Å². The Bertz CT molecular complexity index is 605. The average Bonchev–Trinajstić information content (AvgIpc) is 2.74. The first-order valence-electron chi connectivity index (χ1n) is 6.35. The molecular weight excluding hydrogens is 278 g/mol. The Labute approximate surface area is 121 Å². The molecule has 0 bridgehead atoms. The molecule has 4 nitrogen and oxygen atoms in total. The number of hydrogen-bond donors (Lipinski definition) is 1. The molecule has 3 heterocycles. The van der Waals surface area contributed by atoms with Gasteiger partial charge in [0.2, 0.25) is 0 Å². The van der Waals surface area contributed by atoms with E-state index in [1.165, 1.54) is 10.4 Å². The number of fused-ring (bicyclic) bond motifs is 1. The van der Waals surface area contributed by atoms with Crippen LogP contribution < -0.4 is 5.32 Å². The number of hydrogen-bond acceptors (Lipinski definition) is 6. The van der Waals surface area contributed by atoms with Crippen molar-refractivity contribution in [3.8, 4) is 0 Å². The molecule has 0 saturated carbocycles. The second-order valence-electron chi connectivity index (χ2n) is 4.58. The molecule has 3 rings (SSSR count). The van der Waals surface area contributed by atoms with Crippen LogP contribution in [0.4, 0.5) is 5.82 Å². The predicted molar refractivity (Wildman–Crippen MR) is 82.5 cm³/mol. The fourth-order valence-electron chi connectivity index (χ4n) is 2.23. The first-order valence-corrected chi connectivity index (χ1v) is 8.32. The summed E-state index contributed by atoms with van der Waals surface area (Å²) in [6, 6.07) is 0. The number of thioether (sulfide) groups is 1. The predicted octanol–water partition coefficient (Wildman–Crippen LogP) is 3.15. The maximum absolute atomic E-state index is 5.78. The first-order chi connectivity index (χ1) is 9.20. The van der Waals surface area contributed by atoms with Crippen molar-refractivity contribution < 1.29 is 4.74 Å². The van der Waals surface area contributed by atoms with Crippen LogP contribution in [0.3, 0.4) is 0 Å². The van der Waals surface area contributed by atoms with Crippen LogP contribution in [0.5, 0.6) is 0 Å². The molecular formula is C13H17N3OS2. The van der Waals surface area contributed by atoms with E-state index in [9.17, 15) is 0 Å². The Balaban J connectivity index is 2.11. The van der Waals surface area contributed by atoms with Gasteiger partial charge >= 0.3 is 0 Å². The molecule has 19 heavy (non-hydrogen) atoms. The second-order valence-corrected chi connectivity index (χ2v) is 6.93. The Kier molecular flexibility index (Phi) is 3.64. The van der Waals surface area contributed by atoms with Crippen molar-refractivity contribution in [3.05, 3.63) is 16.3 Å². The van der Waals surface area contributed by atoms with E-state index in [0.29, 0.717) is 0 Å². The third kappa shape index (κ3) is 2.32. The molecule has 0 aromatic carbocycles. The number of nitrogens with one attached hydrogen (secondary N) is 1. The van der Waals surface area contributed by atoms with Crippen molar-refractivity contribution in [1.82, 2.24) is 9.97 Å². The highest BCUT2D eigenvalue weighted by molar-refractivity contribution is 7.99. The minimum absolute atomic E-state index is 0.0259. The molecule has 1 unspecified atom stereocenters. The summed E-state index contributed by atoms with van der Waals surface area (Å²) in [4.78, 5) is 11.7. The molecule has 0 aliphatic carbocycles. The lowest BCUT2D eigenvalue weighted by Gasteiger charge is -2.21. The monoisotopic (exact) mass is 295 g/mol. The Morgan fingerprint density at radius 2 is 2.16 bits per heavy atom. The number of nitrogens with zero attached hydrogens (tertiary/aromatic N) is 2. The van der Waals surface area contributed by atoms with Gasteiger partial charge in [-0.3, -0.25) is 0 Å². The summed E-state index contributed by atoms with van der Waals surface area (Å²) >= 11 is 3.64. The van der Waals surface area contributed by atoms with Crippen LogP contribution >= 0.6 is 23.1 Å². The molecule has 1 saturated heterocycles. The van der Waals surface area contributed by atoms with Gasteiger partial charge in [-0.05, 0) is 19.4 Å². The number of ether oxygens (including phenoxy) is 1. The summed E-state index contributed by atoms with van der Waals surface area (Å²) < 4.78 is 5.78. The Morgan fingerprint density at radius 3 is 2.84 bits per heavy atom. The van der Waals surface area contributed by atoms with Crippen molar-refractivity contribution in [2.45, 2.75) is 20.0 Å². The van der Waals surface area contributed by atoms with Crippen LogP contribution in [0.25, 0.3) is 10.2 Å². The van der Waals surface area contributed by atoms with Crippen molar-refractivity contribution in [2.75, 3.05) is 30.5 Å². The van der Waals surface area contributed by atoms with Gasteiger partial charge in [-0.25, -0.2) is 9.97 Å². The molecule has 102 valence electrons. The van der Waals surface area contributed by atoms with Gasteiger partial charge in [0.15, 0.2) is 5.82 Å².